The van der Waals surface area contributed by atoms with Crippen LogP contribution < -0.4 is 10.1 Å². The van der Waals surface area contributed by atoms with E-state index in [1.807, 2.05) is 50.4 Å². The SMILES string of the molecule is Cc1nn(-c2ccc(Cl)c(Cl)c2)c(C)c1CC(=O)Nc1cccc(OCCn2cccn2)c1. The number of hydrogen-bond donors (Lipinski definition) is 1. The Bertz CT molecular complexity index is 1270. The smallest absolute Gasteiger partial charge is 0.228 e. The third kappa shape index (κ3) is 5.56. The van der Waals surface area contributed by atoms with Crippen molar-refractivity contribution < 1.29 is 9.53 Å². The third-order valence-electron chi connectivity index (χ3n) is 5.19. The van der Waals surface area contributed by atoms with Crippen molar-refractivity contribution in [2.24, 2.45) is 0 Å². The fourth-order valence-electron chi connectivity index (χ4n) is 3.52. The largest absolute Gasteiger partial charge is 0.492 e. The topological polar surface area (TPSA) is 74.0 Å². The van der Waals surface area contributed by atoms with Crippen LogP contribution in [0.2, 0.25) is 10.0 Å². The molecule has 0 aliphatic carbocycles. The number of hydrogen-bond acceptors (Lipinski definition) is 4. The number of rotatable bonds is 8. The number of nitrogens with one attached hydrogen (secondary N) is 1. The van der Waals surface area contributed by atoms with Gasteiger partial charge in [-0.1, -0.05) is 29.3 Å². The van der Waals surface area contributed by atoms with E-state index in [0.717, 1.165) is 22.6 Å². The lowest BCUT2D eigenvalue weighted by Crippen LogP contribution is -2.15. The second-order valence-electron chi connectivity index (χ2n) is 7.53. The average molecular weight is 484 g/mol. The first-order chi connectivity index (χ1) is 15.9. The number of carbonyl (C=O) groups is 1. The highest BCUT2D eigenvalue weighted by Crippen LogP contribution is 2.26. The molecule has 0 radical (unpaired) electrons. The Labute approximate surface area is 201 Å². The van der Waals surface area contributed by atoms with Crippen molar-refractivity contribution in [3.05, 3.63) is 87.9 Å². The number of nitrogens with zero attached hydrogens (tertiary/aromatic N) is 4. The van der Waals surface area contributed by atoms with Gasteiger partial charge in [-0.05, 0) is 50.2 Å². The van der Waals surface area contributed by atoms with Crippen molar-refractivity contribution in [2.45, 2.75) is 26.8 Å². The van der Waals surface area contributed by atoms with E-state index in [1.165, 1.54) is 0 Å². The molecule has 4 aromatic rings. The molecule has 4 rings (SSSR count). The quantitative estimate of drug-likeness (QED) is 0.371. The van der Waals surface area contributed by atoms with E-state index in [-0.39, 0.29) is 12.3 Å². The van der Waals surface area contributed by atoms with Crippen molar-refractivity contribution in [2.75, 3.05) is 11.9 Å². The number of benzene rings is 2. The summed E-state index contributed by atoms with van der Waals surface area (Å²) in [6.45, 7) is 4.94. The van der Waals surface area contributed by atoms with Crippen LogP contribution in [0.1, 0.15) is 17.0 Å². The predicted molar refractivity (Wildman–Crippen MR) is 130 cm³/mol. The molecular weight excluding hydrogens is 461 g/mol. The van der Waals surface area contributed by atoms with Crippen LogP contribution >= 0.6 is 23.2 Å². The van der Waals surface area contributed by atoms with Gasteiger partial charge in [0.1, 0.15) is 12.4 Å². The summed E-state index contributed by atoms with van der Waals surface area (Å²) in [5, 5.41) is 12.6. The molecule has 0 unspecified atom stereocenters. The van der Waals surface area contributed by atoms with E-state index in [0.29, 0.717) is 34.6 Å². The number of carbonyl (C=O) groups excluding carboxylic acids is 1. The Morgan fingerprint density at radius 2 is 1.94 bits per heavy atom. The van der Waals surface area contributed by atoms with Gasteiger partial charge in [0.25, 0.3) is 0 Å². The second-order valence-corrected chi connectivity index (χ2v) is 8.34. The number of anilines is 1. The van der Waals surface area contributed by atoms with Crippen LogP contribution in [0.15, 0.2) is 60.9 Å². The van der Waals surface area contributed by atoms with Crippen molar-refractivity contribution >= 4 is 34.8 Å². The van der Waals surface area contributed by atoms with Gasteiger partial charge in [0, 0.05) is 35.4 Å². The minimum atomic E-state index is -0.136. The Morgan fingerprint density at radius 1 is 1.09 bits per heavy atom. The van der Waals surface area contributed by atoms with Crippen LogP contribution in [0.25, 0.3) is 5.69 Å². The molecule has 0 spiro atoms. The Hall–Kier alpha value is -3.29. The van der Waals surface area contributed by atoms with Gasteiger partial charge < -0.3 is 10.1 Å². The number of ether oxygens (including phenoxy) is 1. The van der Waals surface area contributed by atoms with E-state index in [9.17, 15) is 4.79 Å². The second kappa shape index (κ2) is 10.1. The van der Waals surface area contributed by atoms with Crippen LogP contribution in [-0.2, 0) is 17.8 Å². The molecule has 33 heavy (non-hydrogen) atoms. The summed E-state index contributed by atoms with van der Waals surface area (Å²) in [6.07, 6.45) is 3.81. The standard InChI is InChI=1S/C24H23Cl2N5O2/c1-16-21(17(2)31(29-16)19-7-8-22(25)23(26)14-19)15-24(32)28-18-5-3-6-20(13-18)33-12-11-30-10-4-9-27-30/h3-10,13-14H,11-12,15H2,1-2H3,(H,28,32). The average Bonchev–Trinajstić information content (AvgIpc) is 3.40. The van der Waals surface area contributed by atoms with Crippen molar-refractivity contribution in [1.29, 1.82) is 0 Å². The summed E-state index contributed by atoms with van der Waals surface area (Å²) in [6, 6.07) is 14.5. The third-order valence-corrected chi connectivity index (χ3v) is 5.93. The maximum absolute atomic E-state index is 12.8. The lowest BCUT2D eigenvalue weighted by atomic mass is 10.1. The van der Waals surface area contributed by atoms with Gasteiger partial charge in [-0.15, -0.1) is 0 Å². The van der Waals surface area contributed by atoms with E-state index in [4.69, 9.17) is 27.9 Å². The Balaban J connectivity index is 1.40. The predicted octanol–water partition coefficient (Wildman–Crippen LogP) is 5.25. The molecule has 170 valence electrons. The van der Waals surface area contributed by atoms with E-state index in [2.05, 4.69) is 15.5 Å². The first-order valence-corrected chi connectivity index (χ1v) is 11.2. The molecular formula is C24H23Cl2N5O2. The van der Waals surface area contributed by atoms with Gasteiger partial charge in [-0.2, -0.15) is 10.2 Å². The molecule has 0 atom stereocenters. The molecule has 0 saturated heterocycles. The Morgan fingerprint density at radius 3 is 2.70 bits per heavy atom. The molecule has 2 heterocycles. The van der Waals surface area contributed by atoms with Crippen LogP contribution in [0.3, 0.4) is 0 Å². The molecule has 9 heteroatoms. The maximum Gasteiger partial charge on any atom is 0.228 e. The monoisotopic (exact) mass is 483 g/mol. The van der Waals surface area contributed by atoms with Crippen molar-refractivity contribution in [3.8, 4) is 11.4 Å². The molecule has 0 bridgehead atoms. The maximum atomic E-state index is 12.8. The summed E-state index contributed by atoms with van der Waals surface area (Å²) in [5.74, 6) is 0.545. The molecule has 0 saturated carbocycles. The van der Waals surface area contributed by atoms with E-state index < -0.39 is 0 Å². The lowest BCUT2D eigenvalue weighted by molar-refractivity contribution is -0.115. The summed E-state index contributed by atoms with van der Waals surface area (Å²) in [7, 11) is 0. The number of aryl methyl sites for hydroxylation is 1. The summed E-state index contributed by atoms with van der Waals surface area (Å²) >= 11 is 12.2. The highest BCUT2D eigenvalue weighted by molar-refractivity contribution is 6.42. The van der Waals surface area contributed by atoms with E-state index in [1.54, 1.807) is 33.8 Å². The van der Waals surface area contributed by atoms with Gasteiger partial charge in [-0.3, -0.25) is 9.48 Å². The molecule has 7 nitrogen and oxygen atoms in total. The van der Waals surface area contributed by atoms with Gasteiger partial charge in [-0.25, -0.2) is 4.68 Å². The first kappa shape index (κ1) is 22.9. The fourth-order valence-corrected chi connectivity index (χ4v) is 3.81. The zero-order valence-electron chi connectivity index (χ0n) is 18.3. The molecule has 2 aromatic heterocycles. The van der Waals surface area contributed by atoms with Crippen LogP contribution in [0.4, 0.5) is 5.69 Å². The number of aromatic nitrogens is 4. The van der Waals surface area contributed by atoms with Crippen molar-refractivity contribution in [1.82, 2.24) is 19.6 Å². The highest BCUT2D eigenvalue weighted by atomic mass is 35.5. The van der Waals surface area contributed by atoms with Gasteiger partial charge in [0.15, 0.2) is 0 Å². The molecule has 0 aliphatic heterocycles. The lowest BCUT2D eigenvalue weighted by Gasteiger charge is -2.10. The summed E-state index contributed by atoms with van der Waals surface area (Å²) in [5.41, 5.74) is 3.98. The molecule has 1 N–H and O–H groups in total. The molecule has 0 fully saturated rings. The molecule has 0 aliphatic rings. The van der Waals surface area contributed by atoms with Gasteiger partial charge in [0.05, 0.1) is 34.4 Å². The minimum absolute atomic E-state index is 0.136. The van der Waals surface area contributed by atoms with Crippen molar-refractivity contribution in [3.63, 3.8) is 0 Å². The minimum Gasteiger partial charge on any atom is -0.492 e. The Kier molecular flexibility index (Phi) is 7.01. The van der Waals surface area contributed by atoms with Crippen LogP contribution in [0, 0.1) is 13.8 Å². The zero-order valence-corrected chi connectivity index (χ0v) is 19.8. The van der Waals surface area contributed by atoms with Gasteiger partial charge >= 0.3 is 0 Å². The van der Waals surface area contributed by atoms with Crippen LogP contribution in [0.5, 0.6) is 5.75 Å². The summed E-state index contributed by atoms with van der Waals surface area (Å²) in [4.78, 5) is 12.8. The molecule has 2 aromatic carbocycles. The van der Waals surface area contributed by atoms with E-state index >= 15 is 0 Å². The number of amides is 1. The number of halogens is 2. The fraction of sp³-hybridized carbons (Fsp3) is 0.208. The van der Waals surface area contributed by atoms with Gasteiger partial charge in [0.2, 0.25) is 5.91 Å². The first-order valence-electron chi connectivity index (χ1n) is 10.4. The zero-order chi connectivity index (χ0) is 23.4. The van der Waals surface area contributed by atoms with Crippen LogP contribution in [-0.4, -0.2) is 32.1 Å². The normalized spacial score (nSPS) is 10.9. The highest BCUT2D eigenvalue weighted by Gasteiger charge is 2.17. The summed E-state index contributed by atoms with van der Waals surface area (Å²) < 4.78 is 9.35. The molecule has 1 amide bonds.